The summed E-state index contributed by atoms with van der Waals surface area (Å²) in [5.74, 6) is -0.764. The molecule has 2 heterocycles. The fraction of sp³-hybridized carbons (Fsp3) is 0.176. The molecule has 8 nitrogen and oxygen atoms in total. The van der Waals surface area contributed by atoms with Crippen LogP contribution < -0.4 is 10.5 Å². The number of ether oxygens (including phenoxy) is 2. The molecule has 3 rings (SSSR count). The molecule has 0 aliphatic rings. The minimum absolute atomic E-state index is 0.183. The van der Waals surface area contributed by atoms with Gasteiger partial charge in [0.1, 0.15) is 22.9 Å². The number of esters is 1. The van der Waals surface area contributed by atoms with Crippen LogP contribution in [0.2, 0.25) is 0 Å². The molecular weight excluding hydrogens is 358 g/mol. The number of aromatic nitrogens is 2. The van der Waals surface area contributed by atoms with Gasteiger partial charge in [-0.1, -0.05) is 46.8 Å². The first-order chi connectivity index (χ1) is 12.5. The number of aryl methyl sites for hydroxylation is 1. The Labute approximate surface area is 152 Å². The Bertz CT molecular complexity index is 920. The van der Waals surface area contributed by atoms with Crippen molar-refractivity contribution in [1.29, 1.82) is 0 Å². The molecule has 26 heavy (non-hydrogen) atoms. The predicted octanol–water partition coefficient (Wildman–Crippen LogP) is 2.33. The molecule has 2 N–H and O–H groups in total. The zero-order valence-corrected chi connectivity index (χ0v) is 14.6. The summed E-state index contributed by atoms with van der Waals surface area (Å²) in [7, 11) is 0. The summed E-state index contributed by atoms with van der Waals surface area (Å²) in [5.41, 5.74) is 7.34. The lowest BCUT2D eigenvalue weighted by Crippen LogP contribution is -2.20. The van der Waals surface area contributed by atoms with Gasteiger partial charge in [-0.2, -0.15) is 0 Å². The number of primary amides is 1. The van der Waals surface area contributed by atoms with Gasteiger partial charge >= 0.3 is 5.97 Å². The molecule has 2 aromatic heterocycles. The molecule has 0 atom stereocenters. The number of carbonyl (C=O) groups is 2. The van der Waals surface area contributed by atoms with Crippen molar-refractivity contribution in [2.24, 2.45) is 5.73 Å². The Morgan fingerprint density at radius 1 is 1.27 bits per heavy atom. The van der Waals surface area contributed by atoms with Gasteiger partial charge in [0.05, 0.1) is 11.8 Å². The molecule has 3 aromatic rings. The van der Waals surface area contributed by atoms with E-state index in [0.717, 1.165) is 22.5 Å². The molecule has 9 heteroatoms. The van der Waals surface area contributed by atoms with E-state index in [-0.39, 0.29) is 16.7 Å². The van der Waals surface area contributed by atoms with Crippen molar-refractivity contribution in [3.8, 4) is 16.5 Å². The third-order valence-corrected chi connectivity index (χ3v) is 4.29. The zero-order valence-electron chi connectivity index (χ0n) is 13.8. The molecule has 0 saturated heterocycles. The Morgan fingerprint density at radius 2 is 2.04 bits per heavy atom. The monoisotopic (exact) mass is 373 g/mol. The highest BCUT2D eigenvalue weighted by molar-refractivity contribution is 7.15. The highest BCUT2D eigenvalue weighted by Gasteiger charge is 2.17. The van der Waals surface area contributed by atoms with Gasteiger partial charge < -0.3 is 19.7 Å². The van der Waals surface area contributed by atoms with Crippen LogP contribution in [-0.4, -0.2) is 28.6 Å². The fourth-order valence-corrected chi connectivity index (χ4v) is 2.80. The summed E-state index contributed by atoms with van der Waals surface area (Å²) >= 11 is 1.01. The molecule has 0 fully saturated rings. The smallest absolute Gasteiger partial charge is 0.350 e. The number of hydrogen-bond donors (Lipinski definition) is 1. The first-order valence-corrected chi connectivity index (χ1v) is 8.41. The normalized spacial score (nSPS) is 10.5. The van der Waals surface area contributed by atoms with Gasteiger partial charge in [-0.05, 0) is 6.92 Å². The Balaban J connectivity index is 1.68. The molecule has 0 aliphatic heterocycles. The van der Waals surface area contributed by atoms with Crippen LogP contribution in [0.5, 0.6) is 5.19 Å². The second kappa shape index (κ2) is 7.79. The number of thiazole rings is 1. The van der Waals surface area contributed by atoms with Gasteiger partial charge in [-0.15, -0.1) is 0 Å². The van der Waals surface area contributed by atoms with Gasteiger partial charge in [0.2, 0.25) is 0 Å². The van der Waals surface area contributed by atoms with Crippen molar-refractivity contribution in [2.75, 3.05) is 6.61 Å². The second-order valence-corrected chi connectivity index (χ2v) is 6.25. The number of nitrogens with two attached hydrogens (primary N) is 1. The number of carbonyl (C=O) groups excluding carboxylic acids is 2. The lowest BCUT2D eigenvalue weighted by Gasteiger charge is -2.03. The van der Waals surface area contributed by atoms with Crippen LogP contribution in [0.3, 0.4) is 0 Å². The van der Waals surface area contributed by atoms with Crippen molar-refractivity contribution in [3.63, 3.8) is 0 Å². The highest BCUT2D eigenvalue weighted by Crippen LogP contribution is 2.28. The molecule has 0 aliphatic carbocycles. The summed E-state index contributed by atoms with van der Waals surface area (Å²) in [6.07, 6.45) is 1.32. The van der Waals surface area contributed by atoms with E-state index in [4.69, 9.17) is 19.7 Å². The summed E-state index contributed by atoms with van der Waals surface area (Å²) in [6.45, 7) is 1.50. The molecule has 0 unspecified atom stereocenters. The van der Waals surface area contributed by atoms with E-state index >= 15 is 0 Å². The number of benzene rings is 1. The summed E-state index contributed by atoms with van der Waals surface area (Å²) in [6, 6.07) is 9.60. The van der Waals surface area contributed by atoms with Crippen LogP contribution in [0.15, 0.2) is 41.1 Å². The van der Waals surface area contributed by atoms with E-state index in [9.17, 15) is 9.59 Å². The standard InChI is InChI=1S/C17H15N3O5S/c1-10-12(15(20-25-10)11-5-3-2-4-6-11)8-24-17-19-7-13(26-17)16(22)23-9-14(18)21/h2-7H,8-9H2,1H3,(H2,18,21). The average molecular weight is 373 g/mol. The Morgan fingerprint density at radius 3 is 2.77 bits per heavy atom. The quantitative estimate of drug-likeness (QED) is 0.632. The zero-order chi connectivity index (χ0) is 18.5. The SMILES string of the molecule is Cc1onc(-c2ccccc2)c1COc1ncc(C(=O)OCC(N)=O)s1. The number of hydrogen-bond acceptors (Lipinski definition) is 8. The minimum atomic E-state index is -0.726. The van der Waals surface area contributed by atoms with Gasteiger partial charge in [0, 0.05) is 5.56 Å². The topological polar surface area (TPSA) is 118 Å². The first-order valence-electron chi connectivity index (χ1n) is 7.59. The maximum atomic E-state index is 11.7. The van der Waals surface area contributed by atoms with E-state index in [1.54, 1.807) is 6.92 Å². The predicted molar refractivity (Wildman–Crippen MR) is 92.6 cm³/mol. The Kier molecular flexibility index (Phi) is 5.28. The van der Waals surface area contributed by atoms with Crippen LogP contribution in [-0.2, 0) is 16.1 Å². The van der Waals surface area contributed by atoms with Crippen LogP contribution in [0.1, 0.15) is 21.0 Å². The van der Waals surface area contributed by atoms with Crippen LogP contribution >= 0.6 is 11.3 Å². The van der Waals surface area contributed by atoms with E-state index < -0.39 is 18.5 Å². The van der Waals surface area contributed by atoms with Gasteiger partial charge in [-0.25, -0.2) is 9.78 Å². The van der Waals surface area contributed by atoms with Crippen molar-refractivity contribution >= 4 is 23.2 Å². The van der Waals surface area contributed by atoms with Gasteiger partial charge in [0.25, 0.3) is 11.1 Å². The average Bonchev–Trinajstić information content (AvgIpc) is 3.25. The number of nitrogens with zero attached hydrogens (tertiary/aromatic N) is 2. The van der Waals surface area contributed by atoms with E-state index in [2.05, 4.69) is 10.1 Å². The van der Waals surface area contributed by atoms with Gasteiger partial charge in [-0.3, -0.25) is 4.79 Å². The van der Waals surface area contributed by atoms with E-state index in [1.807, 2.05) is 30.3 Å². The molecule has 1 aromatic carbocycles. The first kappa shape index (κ1) is 17.6. The van der Waals surface area contributed by atoms with Crippen molar-refractivity contribution in [3.05, 3.63) is 52.7 Å². The third kappa shape index (κ3) is 4.06. The molecule has 134 valence electrons. The van der Waals surface area contributed by atoms with Gasteiger partial charge in [0.15, 0.2) is 6.61 Å². The van der Waals surface area contributed by atoms with Crippen LogP contribution in [0.25, 0.3) is 11.3 Å². The lowest BCUT2D eigenvalue weighted by atomic mass is 10.1. The largest absolute Gasteiger partial charge is 0.465 e. The lowest BCUT2D eigenvalue weighted by molar-refractivity contribution is -0.121. The molecule has 0 saturated carbocycles. The third-order valence-electron chi connectivity index (χ3n) is 3.40. The highest BCUT2D eigenvalue weighted by atomic mass is 32.1. The van der Waals surface area contributed by atoms with E-state index in [0.29, 0.717) is 11.5 Å². The number of rotatable bonds is 7. The minimum Gasteiger partial charge on any atom is -0.465 e. The summed E-state index contributed by atoms with van der Waals surface area (Å²) in [4.78, 5) is 26.6. The maximum Gasteiger partial charge on any atom is 0.350 e. The van der Waals surface area contributed by atoms with Crippen molar-refractivity contribution in [1.82, 2.24) is 10.1 Å². The summed E-state index contributed by atoms with van der Waals surface area (Å²) in [5, 5.41) is 4.37. The fourth-order valence-electron chi connectivity index (χ4n) is 2.14. The maximum absolute atomic E-state index is 11.7. The molecule has 0 bridgehead atoms. The van der Waals surface area contributed by atoms with Crippen LogP contribution in [0, 0.1) is 6.92 Å². The van der Waals surface area contributed by atoms with Crippen molar-refractivity contribution < 1.29 is 23.6 Å². The second-order valence-electron chi connectivity index (χ2n) is 5.25. The molecule has 0 radical (unpaired) electrons. The summed E-state index contributed by atoms with van der Waals surface area (Å²) < 4.78 is 15.7. The van der Waals surface area contributed by atoms with Crippen LogP contribution in [0.4, 0.5) is 0 Å². The molecule has 0 spiro atoms. The molecule has 1 amide bonds. The van der Waals surface area contributed by atoms with Crippen molar-refractivity contribution in [2.45, 2.75) is 13.5 Å². The molecular formula is C17H15N3O5S. The number of amides is 1. The van der Waals surface area contributed by atoms with E-state index in [1.165, 1.54) is 6.20 Å². The Hall–Kier alpha value is -3.20.